The first-order chi connectivity index (χ1) is 12.1. The molecule has 26 heavy (non-hydrogen) atoms. The number of phenolic OH excluding ortho intramolecular Hbond substituents is 1. The van der Waals surface area contributed by atoms with E-state index in [0.29, 0.717) is 0 Å². The maximum absolute atomic E-state index is 13.5. The minimum Gasteiger partial charge on any atom is -0.508 e. The molecular weight excluding hydrogens is 353 g/mol. The Kier molecular flexibility index (Phi) is 3.98. The monoisotopic (exact) mass is 364 g/mol. The standard InChI is InChI=1S/C18H11F3O5/c1-8-6-9(17(24)25)2-4-11(8)14-15(23)12-5-3-10(22)7-13(12)26-16(14)18(19,20)21/h2-7,22H,1H3,(H,24,25). The third-order valence-corrected chi connectivity index (χ3v) is 3.88. The Morgan fingerprint density at radius 1 is 1.12 bits per heavy atom. The second-order valence-electron chi connectivity index (χ2n) is 5.65. The van der Waals surface area contributed by atoms with Crippen LogP contribution in [0.15, 0.2) is 45.6 Å². The van der Waals surface area contributed by atoms with Crippen molar-refractivity contribution in [3.05, 3.63) is 63.5 Å². The molecule has 3 aromatic rings. The van der Waals surface area contributed by atoms with Crippen LogP contribution in [0.4, 0.5) is 13.2 Å². The highest BCUT2D eigenvalue weighted by molar-refractivity contribution is 5.90. The van der Waals surface area contributed by atoms with E-state index in [2.05, 4.69) is 0 Å². The molecule has 8 heteroatoms. The van der Waals surface area contributed by atoms with Crippen molar-refractivity contribution in [2.45, 2.75) is 13.1 Å². The number of halogens is 3. The van der Waals surface area contributed by atoms with E-state index in [1.54, 1.807) is 0 Å². The maximum Gasteiger partial charge on any atom is 0.450 e. The maximum atomic E-state index is 13.5. The van der Waals surface area contributed by atoms with Crippen LogP contribution in [-0.2, 0) is 6.18 Å². The van der Waals surface area contributed by atoms with E-state index in [1.165, 1.54) is 19.1 Å². The second-order valence-corrected chi connectivity index (χ2v) is 5.65. The number of fused-ring (bicyclic) bond motifs is 1. The summed E-state index contributed by atoms with van der Waals surface area (Å²) in [6.45, 7) is 1.41. The van der Waals surface area contributed by atoms with Crippen LogP contribution < -0.4 is 5.43 Å². The Hall–Kier alpha value is -3.29. The largest absolute Gasteiger partial charge is 0.508 e. The molecule has 0 fully saturated rings. The molecule has 0 radical (unpaired) electrons. The fraction of sp³-hybridized carbons (Fsp3) is 0.111. The van der Waals surface area contributed by atoms with Crippen LogP contribution in [0.2, 0.25) is 0 Å². The van der Waals surface area contributed by atoms with Crippen molar-refractivity contribution >= 4 is 16.9 Å². The molecule has 3 rings (SSSR count). The molecule has 0 unspecified atom stereocenters. The summed E-state index contributed by atoms with van der Waals surface area (Å²) in [5, 5.41) is 18.3. The molecule has 5 nitrogen and oxygen atoms in total. The molecule has 0 amide bonds. The quantitative estimate of drug-likeness (QED) is 0.712. The molecule has 0 aliphatic heterocycles. The number of hydrogen-bond acceptors (Lipinski definition) is 4. The summed E-state index contributed by atoms with van der Waals surface area (Å²) < 4.78 is 45.4. The van der Waals surface area contributed by atoms with E-state index in [0.717, 1.165) is 24.3 Å². The van der Waals surface area contributed by atoms with Gasteiger partial charge in [-0.15, -0.1) is 0 Å². The first-order valence-corrected chi connectivity index (χ1v) is 7.31. The Labute approximate surface area is 143 Å². The normalized spacial score (nSPS) is 11.7. The number of carboxylic acid groups (broad SMARTS) is 1. The summed E-state index contributed by atoms with van der Waals surface area (Å²) in [7, 11) is 0. The highest BCUT2D eigenvalue weighted by atomic mass is 19.4. The minimum atomic E-state index is -4.97. The lowest BCUT2D eigenvalue weighted by Gasteiger charge is -2.14. The molecule has 0 spiro atoms. The van der Waals surface area contributed by atoms with Gasteiger partial charge in [-0.1, -0.05) is 6.07 Å². The molecule has 134 valence electrons. The van der Waals surface area contributed by atoms with Gasteiger partial charge in [-0.05, 0) is 42.3 Å². The molecule has 0 saturated carbocycles. The molecule has 1 heterocycles. The molecule has 0 aliphatic carbocycles. The zero-order valence-corrected chi connectivity index (χ0v) is 13.2. The van der Waals surface area contributed by atoms with Gasteiger partial charge in [0, 0.05) is 6.07 Å². The van der Waals surface area contributed by atoms with Crippen molar-refractivity contribution in [3.63, 3.8) is 0 Å². The molecule has 0 atom stereocenters. The number of phenols is 1. The summed E-state index contributed by atoms with van der Waals surface area (Å²) in [6, 6.07) is 6.70. The minimum absolute atomic E-state index is 0.0777. The zero-order valence-electron chi connectivity index (χ0n) is 13.2. The molecule has 0 aliphatic rings. The number of aromatic hydroxyl groups is 1. The molecule has 0 bridgehead atoms. The van der Waals surface area contributed by atoms with Gasteiger partial charge >= 0.3 is 12.1 Å². The number of rotatable bonds is 2. The van der Waals surface area contributed by atoms with Crippen LogP contribution in [0.5, 0.6) is 5.75 Å². The first-order valence-electron chi connectivity index (χ1n) is 7.31. The lowest BCUT2D eigenvalue weighted by molar-refractivity contribution is -0.152. The van der Waals surface area contributed by atoms with Gasteiger partial charge < -0.3 is 14.6 Å². The highest BCUT2D eigenvalue weighted by Gasteiger charge is 2.39. The Balaban J connectivity index is 2.42. The number of carboxylic acids is 1. The molecule has 0 saturated heterocycles. The first kappa shape index (κ1) is 17.5. The van der Waals surface area contributed by atoms with E-state index < -0.39 is 34.5 Å². The number of benzene rings is 2. The van der Waals surface area contributed by atoms with Gasteiger partial charge in [0.2, 0.25) is 11.2 Å². The van der Waals surface area contributed by atoms with Crippen molar-refractivity contribution in [1.29, 1.82) is 0 Å². The van der Waals surface area contributed by atoms with Crippen molar-refractivity contribution in [1.82, 2.24) is 0 Å². The summed E-state index contributed by atoms with van der Waals surface area (Å²) >= 11 is 0. The van der Waals surface area contributed by atoms with Crippen molar-refractivity contribution in [3.8, 4) is 16.9 Å². The van der Waals surface area contributed by atoms with Gasteiger partial charge in [0.1, 0.15) is 11.3 Å². The Bertz CT molecular complexity index is 1100. The van der Waals surface area contributed by atoms with Crippen molar-refractivity contribution in [2.24, 2.45) is 0 Å². The van der Waals surface area contributed by atoms with Gasteiger partial charge in [0.15, 0.2) is 0 Å². The van der Waals surface area contributed by atoms with Gasteiger partial charge in [-0.2, -0.15) is 13.2 Å². The average molecular weight is 364 g/mol. The van der Waals surface area contributed by atoms with Crippen LogP contribution in [0.25, 0.3) is 22.1 Å². The van der Waals surface area contributed by atoms with Gasteiger partial charge in [-0.25, -0.2) is 4.79 Å². The number of alkyl halides is 3. The van der Waals surface area contributed by atoms with E-state index in [1.807, 2.05) is 0 Å². The summed E-state index contributed by atoms with van der Waals surface area (Å²) in [5.74, 6) is -3.09. The average Bonchev–Trinajstić information content (AvgIpc) is 2.54. The fourth-order valence-electron chi connectivity index (χ4n) is 2.70. The number of aryl methyl sites for hydroxylation is 1. The molecular formula is C18H11F3O5. The number of aromatic carboxylic acids is 1. The zero-order chi connectivity index (χ0) is 19.2. The number of carbonyl (C=O) groups is 1. The third kappa shape index (κ3) is 2.90. The lowest BCUT2D eigenvalue weighted by Crippen LogP contribution is -2.16. The van der Waals surface area contributed by atoms with Crippen LogP contribution in [0.3, 0.4) is 0 Å². The topological polar surface area (TPSA) is 87.7 Å². The molecule has 2 aromatic carbocycles. The SMILES string of the molecule is Cc1cc(C(=O)O)ccc1-c1c(C(F)(F)F)oc2cc(O)ccc2c1=O. The predicted molar refractivity (Wildman–Crippen MR) is 86.3 cm³/mol. The van der Waals surface area contributed by atoms with Crippen molar-refractivity contribution in [2.75, 3.05) is 0 Å². The van der Waals surface area contributed by atoms with Gasteiger partial charge in [0.05, 0.1) is 16.5 Å². The van der Waals surface area contributed by atoms with Crippen LogP contribution in [0, 0.1) is 6.92 Å². The Morgan fingerprint density at radius 3 is 2.38 bits per heavy atom. The highest BCUT2D eigenvalue weighted by Crippen LogP contribution is 2.38. The summed E-state index contributed by atoms with van der Waals surface area (Å²) in [4.78, 5) is 23.7. The lowest BCUT2D eigenvalue weighted by atomic mass is 9.96. The van der Waals surface area contributed by atoms with Crippen LogP contribution >= 0.6 is 0 Å². The predicted octanol–water partition coefficient (Wildman–Crippen LogP) is 4.19. The van der Waals surface area contributed by atoms with E-state index in [9.17, 15) is 27.9 Å². The summed E-state index contributed by atoms with van der Waals surface area (Å²) in [5.41, 5.74) is -2.04. The molecule has 2 N–H and O–H groups in total. The fourth-order valence-corrected chi connectivity index (χ4v) is 2.70. The van der Waals surface area contributed by atoms with Gasteiger partial charge in [0.25, 0.3) is 0 Å². The van der Waals surface area contributed by atoms with E-state index >= 15 is 0 Å². The van der Waals surface area contributed by atoms with Gasteiger partial charge in [-0.3, -0.25) is 4.79 Å². The van der Waals surface area contributed by atoms with E-state index in [4.69, 9.17) is 9.52 Å². The molecule has 1 aromatic heterocycles. The Morgan fingerprint density at radius 2 is 1.81 bits per heavy atom. The van der Waals surface area contributed by atoms with Crippen LogP contribution in [0.1, 0.15) is 21.7 Å². The van der Waals surface area contributed by atoms with Crippen molar-refractivity contribution < 1.29 is 32.6 Å². The summed E-state index contributed by atoms with van der Waals surface area (Å²) in [6.07, 6.45) is -4.97. The van der Waals surface area contributed by atoms with E-state index in [-0.39, 0.29) is 27.8 Å². The van der Waals surface area contributed by atoms with Crippen LogP contribution in [-0.4, -0.2) is 16.2 Å². The third-order valence-electron chi connectivity index (χ3n) is 3.88. The number of hydrogen-bond donors (Lipinski definition) is 2. The second kappa shape index (κ2) is 5.91. The smallest absolute Gasteiger partial charge is 0.450 e.